The Morgan fingerprint density at radius 1 is 0.892 bits per heavy atom. The Labute approximate surface area is 225 Å². The first-order valence-electron chi connectivity index (χ1n) is 14.5. The zero-order chi connectivity index (χ0) is 26.0. The van der Waals surface area contributed by atoms with Gasteiger partial charge in [0.2, 0.25) is 0 Å². The van der Waals surface area contributed by atoms with Gasteiger partial charge in [-0.3, -0.25) is 9.88 Å². The maximum atomic E-state index is 6.04. The molecule has 0 spiro atoms. The molecule has 1 heterocycles. The molecular weight excluding hydrogens is 452 g/mol. The summed E-state index contributed by atoms with van der Waals surface area (Å²) in [6.07, 6.45) is 11.4. The molecular formula is C34H46N2O. The number of aromatic nitrogens is 1. The van der Waals surface area contributed by atoms with Gasteiger partial charge < -0.3 is 4.74 Å². The predicted molar refractivity (Wildman–Crippen MR) is 156 cm³/mol. The smallest absolute Gasteiger partial charge is 0.127 e. The Bertz CT molecular complexity index is 1090. The third-order valence-corrected chi connectivity index (χ3v) is 8.20. The molecule has 0 atom stereocenters. The second-order valence-corrected chi connectivity index (χ2v) is 10.8. The summed E-state index contributed by atoms with van der Waals surface area (Å²) in [4.78, 5) is 7.87. The SMILES string of the molecule is CCc1cccc(CC)c1-c1cc(OC)c(CN(CCc2ccccc2)CC2CCCCCC2)c(C)n1. The van der Waals surface area contributed by atoms with Crippen molar-refractivity contribution >= 4 is 0 Å². The van der Waals surface area contributed by atoms with Crippen LogP contribution >= 0.6 is 0 Å². The van der Waals surface area contributed by atoms with Crippen LogP contribution in [0.25, 0.3) is 11.3 Å². The molecule has 0 aliphatic heterocycles. The fourth-order valence-electron chi connectivity index (χ4n) is 6.05. The molecule has 0 unspecified atom stereocenters. The predicted octanol–water partition coefficient (Wildman–Crippen LogP) is 8.21. The van der Waals surface area contributed by atoms with Crippen LogP contribution in [0.4, 0.5) is 0 Å². The Balaban J connectivity index is 1.62. The normalized spacial score (nSPS) is 14.6. The third kappa shape index (κ3) is 7.23. The highest BCUT2D eigenvalue weighted by Crippen LogP contribution is 2.34. The van der Waals surface area contributed by atoms with Gasteiger partial charge in [0.15, 0.2) is 0 Å². The van der Waals surface area contributed by atoms with Crippen LogP contribution in [-0.2, 0) is 25.8 Å². The van der Waals surface area contributed by atoms with Gasteiger partial charge in [0.05, 0.1) is 12.8 Å². The summed E-state index contributed by atoms with van der Waals surface area (Å²) in [7, 11) is 1.81. The van der Waals surface area contributed by atoms with Crippen LogP contribution in [0.3, 0.4) is 0 Å². The van der Waals surface area contributed by atoms with E-state index in [1.807, 2.05) is 7.11 Å². The lowest BCUT2D eigenvalue weighted by Gasteiger charge is -2.28. The van der Waals surface area contributed by atoms with Crippen LogP contribution < -0.4 is 4.74 Å². The van der Waals surface area contributed by atoms with Crippen molar-refractivity contribution in [3.63, 3.8) is 0 Å². The first-order chi connectivity index (χ1) is 18.1. The fraction of sp³-hybridized carbons (Fsp3) is 0.500. The van der Waals surface area contributed by atoms with Crippen molar-refractivity contribution in [1.82, 2.24) is 9.88 Å². The number of methoxy groups -OCH3 is 1. The molecule has 3 nitrogen and oxygen atoms in total. The zero-order valence-electron chi connectivity index (χ0n) is 23.6. The highest BCUT2D eigenvalue weighted by molar-refractivity contribution is 5.70. The van der Waals surface area contributed by atoms with Crippen molar-refractivity contribution in [3.05, 3.63) is 82.5 Å². The third-order valence-electron chi connectivity index (χ3n) is 8.20. The molecule has 1 aliphatic carbocycles. The van der Waals surface area contributed by atoms with E-state index in [-0.39, 0.29) is 0 Å². The van der Waals surface area contributed by atoms with E-state index in [1.165, 1.54) is 66.3 Å². The summed E-state index contributed by atoms with van der Waals surface area (Å²) in [5.74, 6) is 1.77. The van der Waals surface area contributed by atoms with Crippen molar-refractivity contribution < 1.29 is 4.74 Å². The molecule has 37 heavy (non-hydrogen) atoms. The molecule has 1 saturated carbocycles. The minimum absolute atomic E-state index is 0.792. The molecule has 2 aromatic carbocycles. The topological polar surface area (TPSA) is 25.4 Å². The van der Waals surface area contributed by atoms with E-state index in [9.17, 15) is 0 Å². The molecule has 1 aromatic heterocycles. The van der Waals surface area contributed by atoms with Crippen LogP contribution in [0.2, 0.25) is 0 Å². The highest BCUT2D eigenvalue weighted by Gasteiger charge is 2.21. The van der Waals surface area contributed by atoms with Gasteiger partial charge in [-0.15, -0.1) is 0 Å². The Morgan fingerprint density at radius 3 is 2.19 bits per heavy atom. The lowest BCUT2D eigenvalue weighted by Crippen LogP contribution is -2.31. The van der Waals surface area contributed by atoms with Crippen LogP contribution in [0.15, 0.2) is 54.6 Å². The summed E-state index contributed by atoms with van der Waals surface area (Å²) in [6, 6.07) is 19.8. The van der Waals surface area contributed by atoms with Crippen LogP contribution in [0, 0.1) is 12.8 Å². The van der Waals surface area contributed by atoms with E-state index in [0.717, 1.165) is 62.0 Å². The number of hydrogen-bond donors (Lipinski definition) is 0. The molecule has 1 fully saturated rings. The van der Waals surface area contributed by atoms with E-state index in [4.69, 9.17) is 9.72 Å². The van der Waals surface area contributed by atoms with E-state index < -0.39 is 0 Å². The minimum atomic E-state index is 0.792. The highest BCUT2D eigenvalue weighted by atomic mass is 16.5. The maximum Gasteiger partial charge on any atom is 0.127 e. The minimum Gasteiger partial charge on any atom is -0.496 e. The molecule has 0 amide bonds. The second kappa shape index (κ2) is 13.8. The Kier molecular flexibility index (Phi) is 10.2. The number of pyridine rings is 1. The summed E-state index contributed by atoms with van der Waals surface area (Å²) >= 11 is 0. The second-order valence-electron chi connectivity index (χ2n) is 10.8. The van der Waals surface area contributed by atoms with Gasteiger partial charge >= 0.3 is 0 Å². The van der Waals surface area contributed by atoms with Gasteiger partial charge in [-0.05, 0) is 61.6 Å². The standard InChI is InChI=1S/C34H46N2O/c1-5-29-19-14-20-30(6-2)34(29)32-23-33(37-4)31(26(3)35-32)25-36(22-21-27-15-12-9-13-16-27)24-28-17-10-7-8-11-18-28/h9,12-16,19-20,23,28H,5-8,10-11,17-18,21-22,24-25H2,1-4H3. The molecule has 1 aliphatic rings. The lowest BCUT2D eigenvalue weighted by atomic mass is 9.94. The largest absolute Gasteiger partial charge is 0.496 e. The molecule has 0 N–H and O–H groups in total. The van der Waals surface area contributed by atoms with Crippen molar-refractivity contribution in [3.8, 4) is 17.0 Å². The van der Waals surface area contributed by atoms with Crippen molar-refractivity contribution in [2.45, 2.75) is 85.1 Å². The molecule has 3 heteroatoms. The van der Waals surface area contributed by atoms with Crippen molar-refractivity contribution in [2.75, 3.05) is 20.2 Å². The summed E-state index contributed by atoms with van der Waals surface area (Å²) < 4.78 is 6.04. The zero-order valence-corrected chi connectivity index (χ0v) is 23.6. The molecule has 0 bridgehead atoms. The van der Waals surface area contributed by atoms with Gasteiger partial charge in [0.1, 0.15) is 5.75 Å². The summed E-state index contributed by atoms with van der Waals surface area (Å²) in [5, 5.41) is 0. The fourth-order valence-corrected chi connectivity index (χ4v) is 6.05. The van der Waals surface area contributed by atoms with Crippen LogP contribution in [0.1, 0.15) is 80.3 Å². The maximum absolute atomic E-state index is 6.04. The Morgan fingerprint density at radius 2 is 1.57 bits per heavy atom. The number of nitrogens with zero attached hydrogens (tertiary/aromatic N) is 2. The number of ether oxygens (including phenoxy) is 1. The van der Waals surface area contributed by atoms with E-state index in [2.05, 4.69) is 80.3 Å². The van der Waals surface area contributed by atoms with Gasteiger partial charge in [-0.1, -0.05) is 88.1 Å². The lowest BCUT2D eigenvalue weighted by molar-refractivity contribution is 0.210. The molecule has 198 valence electrons. The summed E-state index contributed by atoms with van der Waals surface area (Å²) in [6.45, 7) is 9.74. The number of hydrogen-bond acceptors (Lipinski definition) is 3. The quantitative estimate of drug-likeness (QED) is 0.249. The first-order valence-corrected chi connectivity index (χ1v) is 14.5. The Hall–Kier alpha value is -2.65. The molecule has 4 rings (SSSR count). The molecule has 0 radical (unpaired) electrons. The van der Waals surface area contributed by atoms with Crippen molar-refractivity contribution in [2.24, 2.45) is 5.92 Å². The monoisotopic (exact) mass is 498 g/mol. The van der Waals surface area contributed by atoms with Crippen molar-refractivity contribution in [1.29, 1.82) is 0 Å². The van der Waals surface area contributed by atoms with E-state index >= 15 is 0 Å². The number of rotatable bonds is 11. The summed E-state index contributed by atoms with van der Waals surface area (Å²) in [5.41, 5.74) is 8.80. The van der Waals surface area contributed by atoms with Gasteiger partial charge in [-0.2, -0.15) is 0 Å². The van der Waals surface area contributed by atoms with Gasteiger partial charge in [0.25, 0.3) is 0 Å². The average molecular weight is 499 g/mol. The van der Waals surface area contributed by atoms with Gasteiger partial charge in [0, 0.05) is 42.5 Å². The van der Waals surface area contributed by atoms with Crippen LogP contribution in [0.5, 0.6) is 5.75 Å². The van der Waals surface area contributed by atoms with E-state index in [0.29, 0.717) is 0 Å². The molecule has 3 aromatic rings. The first kappa shape index (κ1) is 27.4. The van der Waals surface area contributed by atoms with Crippen LogP contribution in [-0.4, -0.2) is 30.1 Å². The van der Waals surface area contributed by atoms with Gasteiger partial charge in [-0.25, -0.2) is 0 Å². The molecule has 0 saturated heterocycles. The number of benzene rings is 2. The van der Waals surface area contributed by atoms with E-state index in [1.54, 1.807) is 0 Å². The average Bonchev–Trinajstić information content (AvgIpc) is 3.21. The number of aryl methyl sites for hydroxylation is 3.